The van der Waals surface area contributed by atoms with Gasteiger partial charge in [0.2, 0.25) is 0 Å². The molecule has 1 heterocycles. The summed E-state index contributed by atoms with van der Waals surface area (Å²) in [5, 5.41) is 2.94. The van der Waals surface area contributed by atoms with Gasteiger partial charge in [0.25, 0.3) is 5.91 Å². The SMILES string of the molecule is O=C(NCC(Br)C1CC1)c1cc(Br)sc1Br. The molecule has 1 aromatic heterocycles. The fourth-order valence-corrected chi connectivity index (χ4v) is 4.89. The van der Waals surface area contributed by atoms with E-state index in [0.717, 1.165) is 13.5 Å². The Morgan fingerprint density at radius 2 is 2.25 bits per heavy atom. The molecule has 2 nitrogen and oxygen atoms in total. The van der Waals surface area contributed by atoms with Gasteiger partial charge in [-0.3, -0.25) is 4.79 Å². The number of hydrogen-bond donors (Lipinski definition) is 1. The lowest BCUT2D eigenvalue weighted by Gasteiger charge is -2.09. The van der Waals surface area contributed by atoms with Crippen LogP contribution >= 0.6 is 59.1 Å². The average molecular weight is 432 g/mol. The Kier molecular flexibility index (Phi) is 4.49. The van der Waals surface area contributed by atoms with Crippen LogP contribution in [0.1, 0.15) is 23.2 Å². The summed E-state index contributed by atoms with van der Waals surface area (Å²) >= 11 is 11.9. The van der Waals surface area contributed by atoms with Crippen LogP contribution in [0.15, 0.2) is 13.6 Å². The number of rotatable bonds is 4. The van der Waals surface area contributed by atoms with Gasteiger partial charge in [0.1, 0.15) is 0 Å². The third-order valence-electron chi connectivity index (χ3n) is 2.49. The summed E-state index contributed by atoms with van der Waals surface area (Å²) in [6.07, 6.45) is 2.55. The van der Waals surface area contributed by atoms with Gasteiger partial charge in [0.05, 0.1) is 13.1 Å². The molecule has 1 atom stereocenters. The highest BCUT2D eigenvalue weighted by atomic mass is 79.9. The van der Waals surface area contributed by atoms with E-state index < -0.39 is 0 Å². The lowest BCUT2D eigenvalue weighted by atomic mass is 10.2. The predicted octanol–water partition coefficient (Wildman–Crippen LogP) is 4.18. The molecule has 1 aliphatic rings. The standard InChI is InChI=1S/C10H10Br3NOS/c11-7(5-1-2-5)4-14-10(15)6-3-8(12)16-9(6)13/h3,5,7H,1-2,4H2,(H,14,15). The van der Waals surface area contributed by atoms with E-state index in [1.54, 1.807) is 0 Å². The maximum absolute atomic E-state index is 11.9. The minimum absolute atomic E-state index is 0.0149. The second-order valence-corrected chi connectivity index (χ2v) is 8.73. The Labute approximate surface area is 124 Å². The molecule has 1 aliphatic carbocycles. The molecule has 0 aliphatic heterocycles. The lowest BCUT2D eigenvalue weighted by molar-refractivity contribution is 0.0953. The number of amides is 1. The van der Waals surface area contributed by atoms with Crippen molar-refractivity contribution >= 4 is 65.0 Å². The molecule has 0 bridgehead atoms. The Hall–Kier alpha value is 0.610. The van der Waals surface area contributed by atoms with Crippen LogP contribution in [0.4, 0.5) is 0 Å². The molecule has 0 saturated heterocycles. The van der Waals surface area contributed by atoms with Crippen molar-refractivity contribution in [3.8, 4) is 0 Å². The summed E-state index contributed by atoms with van der Waals surface area (Å²) in [6.45, 7) is 0.698. The highest BCUT2D eigenvalue weighted by molar-refractivity contribution is 9.12. The van der Waals surface area contributed by atoms with Crippen LogP contribution in [0, 0.1) is 5.92 Å². The van der Waals surface area contributed by atoms with Gasteiger partial charge in [-0.05, 0) is 56.7 Å². The van der Waals surface area contributed by atoms with E-state index >= 15 is 0 Å². The second kappa shape index (κ2) is 5.50. The largest absolute Gasteiger partial charge is 0.351 e. The van der Waals surface area contributed by atoms with Crippen LogP contribution in [0.3, 0.4) is 0 Å². The zero-order chi connectivity index (χ0) is 11.7. The molecular formula is C10H10Br3NOS. The van der Waals surface area contributed by atoms with Crippen LogP contribution in [0.2, 0.25) is 0 Å². The summed E-state index contributed by atoms with van der Waals surface area (Å²) in [5.41, 5.74) is 0.701. The topological polar surface area (TPSA) is 29.1 Å². The summed E-state index contributed by atoms with van der Waals surface area (Å²) in [7, 11) is 0. The minimum Gasteiger partial charge on any atom is -0.351 e. The van der Waals surface area contributed by atoms with Crippen LogP contribution in [0.25, 0.3) is 0 Å². The maximum atomic E-state index is 11.9. The molecular weight excluding hydrogens is 422 g/mol. The van der Waals surface area contributed by atoms with Crippen molar-refractivity contribution in [2.24, 2.45) is 5.92 Å². The van der Waals surface area contributed by atoms with Gasteiger partial charge < -0.3 is 5.32 Å². The molecule has 0 aromatic carbocycles. The lowest BCUT2D eigenvalue weighted by Crippen LogP contribution is -2.30. The van der Waals surface area contributed by atoms with E-state index in [1.165, 1.54) is 24.2 Å². The molecule has 1 amide bonds. The fraction of sp³-hybridized carbons (Fsp3) is 0.500. The number of nitrogens with one attached hydrogen (secondary N) is 1. The number of carbonyl (C=O) groups excluding carboxylic acids is 1. The first-order chi connectivity index (χ1) is 7.58. The average Bonchev–Trinajstić information content (AvgIpc) is 3.01. The Bertz CT molecular complexity index is 403. The first kappa shape index (κ1) is 13.1. The van der Waals surface area contributed by atoms with Crippen molar-refractivity contribution in [1.29, 1.82) is 0 Å². The summed E-state index contributed by atoms with van der Waals surface area (Å²) in [5.74, 6) is 0.733. The zero-order valence-electron chi connectivity index (χ0n) is 8.30. The number of carbonyl (C=O) groups is 1. The number of thiophene rings is 1. The maximum Gasteiger partial charge on any atom is 0.253 e. The highest BCUT2D eigenvalue weighted by Gasteiger charge is 2.29. The first-order valence-electron chi connectivity index (χ1n) is 4.95. The van der Waals surface area contributed by atoms with Crippen LogP contribution < -0.4 is 5.32 Å². The van der Waals surface area contributed by atoms with Crippen LogP contribution in [-0.4, -0.2) is 17.3 Å². The summed E-state index contributed by atoms with van der Waals surface area (Å²) in [4.78, 5) is 12.3. The van der Waals surface area contributed by atoms with Gasteiger partial charge in [-0.2, -0.15) is 0 Å². The number of halogens is 3. The molecule has 1 fully saturated rings. The van der Waals surface area contributed by atoms with Gasteiger partial charge in [0.15, 0.2) is 0 Å². The Morgan fingerprint density at radius 3 is 2.75 bits per heavy atom. The summed E-state index contributed by atoms with van der Waals surface area (Å²) in [6, 6.07) is 1.84. The van der Waals surface area contributed by atoms with E-state index in [-0.39, 0.29) is 5.91 Å². The van der Waals surface area contributed by atoms with E-state index in [0.29, 0.717) is 16.9 Å². The molecule has 0 spiro atoms. The molecule has 1 N–H and O–H groups in total. The molecule has 1 unspecified atom stereocenters. The van der Waals surface area contributed by atoms with E-state index in [2.05, 4.69) is 53.1 Å². The molecule has 1 saturated carbocycles. The Balaban J connectivity index is 1.89. The van der Waals surface area contributed by atoms with Crippen molar-refractivity contribution < 1.29 is 4.79 Å². The van der Waals surface area contributed by atoms with Crippen LogP contribution in [0.5, 0.6) is 0 Å². The van der Waals surface area contributed by atoms with Gasteiger partial charge in [-0.25, -0.2) is 0 Å². The second-order valence-electron chi connectivity index (χ2n) is 3.80. The van der Waals surface area contributed by atoms with E-state index in [1.807, 2.05) is 6.07 Å². The summed E-state index contributed by atoms with van der Waals surface area (Å²) < 4.78 is 1.83. The number of hydrogen-bond acceptors (Lipinski definition) is 2. The number of alkyl halides is 1. The van der Waals surface area contributed by atoms with Crippen molar-refractivity contribution in [3.05, 3.63) is 19.2 Å². The third-order valence-corrected chi connectivity index (χ3v) is 5.90. The normalized spacial score (nSPS) is 17.2. The van der Waals surface area contributed by atoms with E-state index in [4.69, 9.17) is 0 Å². The van der Waals surface area contributed by atoms with Crippen molar-refractivity contribution in [2.45, 2.75) is 17.7 Å². The van der Waals surface area contributed by atoms with Crippen molar-refractivity contribution in [1.82, 2.24) is 5.32 Å². The monoisotopic (exact) mass is 429 g/mol. The molecule has 1 aromatic rings. The van der Waals surface area contributed by atoms with Crippen LogP contribution in [-0.2, 0) is 0 Å². The van der Waals surface area contributed by atoms with Gasteiger partial charge >= 0.3 is 0 Å². The fourth-order valence-electron chi connectivity index (χ4n) is 1.41. The molecule has 88 valence electrons. The molecule has 0 radical (unpaired) electrons. The van der Waals surface area contributed by atoms with Crippen molar-refractivity contribution in [3.63, 3.8) is 0 Å². The quantitative estimate of drug-likeness (QED) is 0.712. The molecule has 2 rings (SSSR count). The molecule has 16 heavy (non-hydrogen) atoms. The first-order valence-corrected chi connectivity index (χ1v) is 8.27. The highest BCUT2D eigenvalue weighted by Crippen LogP contribution is 2.36. The Morgan fingerprint density at radius 1 is 1.56 bits per heavy atom. The van der Waals surface area contributed by atoms with E-state index in [9.17, 15) is 4.79 Å². The van der Waals surface area contributed by atoms with Crippen molar-refractivity contribution in [2.75, 3.05) is 6.54 Å². The smallest absolute Gasteiger partial charge is 0.253 e. The van der Waals surface area contributed by atoms with Gasteiger partial charge in [-0.1, -0.05) is 15.9 Å². The minimum atomic E-state index is -0.0149. The predicted molar refractivity (Wildman–Crippen MR) is 77.5 cm³/mol. The van der Waals surface area contributed by atoms with Gasteiger partial charge in [0, 0.05) is 11.4 Å². The molecule has 6 heteroatoms. The third kappa shape index (κ3) is 3.31. The van der Waals surface area contributed by atoms with Gasteiger partial charge in [-0.15, -0.1) is 11.3 Å². The zero-order valence-corrected chi connectivity index (χ0v) is 13.9.